The SMILES string of the molecule is O=C(O)CCCN1C(=O)/C(=C/c2cc(Br)ccc2OCC(=O)Nc2ccc(F)cc2)SC1=S. The molecule has 0 aliphatic carbocycles. The van der Waals surface area contributed by atoms with E-state index in [1.54, 1.807) is 24.3 Å². The molecule has 1 aliphatic rings. The van der Waals surface area contributed by atoms with Crippen molar-refractivity contribution < 1.29 is 28.6 Å². The molecule has 33 heavy (non-hydrogen) atoms. The predicted molar refractivity (Wildman–Crippen MR) is 131 cm³/mol. The number of ether oxygens (including phenoxy) is 1. The smallest absolute Gasteiger partial charge is 0.303 e. The Labute approximate surface area is 207 Å². The number of carbonyl (C=O) groups is 3. The zero-order valence-corrected chi connectivity index (χ0v) is 20.3. The number of nitrogens with one attached hydrogen (secondary N) is 1. The molecule has 0 radical (unpaired) electrons. The molecule has 1 fully saturated rings. The summed E-state index contributed by atoms with van der Waals surface area (Å²) in [5, 5.41) is 11.4. The Morgan fingerprint density at radius 1 is 1.24 bits per heavy atom. The molecule has 0 spiro atoms. The highest BCUT2D eigenvalue weighted by molar-refractivity contribution is 9.10. The minimum Gasteiger partial charge on any atom is -0.483 e. The van der Waals surface area contributed by atoms with E-state index in [9.17, 15) is 18.8 Å². The van der Waals surface area contributed by atoms with Crippen LogP contribution in [-0.4, -0.2) is 45.3 Å². The van der Waals surface area contributed by atoms with Crippen LogP contribution in [-0.2, 0) is 14.4 Å². The Morgan fingerprint density at radius 3 is 2.67 bits per heavy atom. The minimum absolute atomic E-state index is 0.0558. The first-order chi connectivity index (χ1) is 15.7. The average molecular weight is 553 g/mol. The lowest BCUT2D eigenvalue weighted by atomic mass is 10.2. The molecular weight excluding hydrogens is 535 g/mol. The van der Waals surface area contributed by atoms with Gasteiger partial charge in [-0.15, -0.1) is 0 Å². The molecule has 172 valence electrons. The quantitative estimate of drug-likeness (QED) is 0.344. The van der Waals surface area contributed by atoms with Crippen LogP contribution in [0.3, 0.4) is 0 Å². The van der Waals surface area contributed by atoms with Crippen LogP contribution < -0.4 is 10.1 Å². The molecule has 2 N–H and O–H groups in total. The first-order valence-electron chi connectivity index (χ1n) is 9.68. The van der Waals surface area contributed by atoms with Gasteiger partial charge >= 0.3 is 5.97 Å². The van der Waals surface area contributed by atoms with Gasteiger partial charge in [0.05, 0.1) is 4.91 Å². The first-order valence-corrected chi connectivity index (χ1v) is 11.7. The van der Waals surface area contributed by atoms with E-state index in [-0.39, 0.29) is 25.5 Å². The number of carboxylic acid groups (broad SMARTS) is 1. The van der Waals surface area contributed by atoms with Gasteiger partial charge in [-0.1, -0.05) is 39.9 Å². The van der Waals surface area contributed by atoms with Crippen molar-refractivity contribution in [2.45, 2.75) is 12.8 Å². The van der Waals surface area contributed by atoms with Gasteiger partial charge in [0, 0.05) is 28.7 Å². The number of amides is 2. The number of benzene rings is 2. The van der Waals surface area contributed by atoms with Crippen LogP contribution >= 0.6 is 39.9 Å². The topological polar surface area (TPSA) is 95.9 Å². The largest absolute Gasteiger partial charge is 0.483 e. The van der Waals surface area contributed by atoms with E-state index in [0.29, 0.717) is 32.6 Å². The van der Waals surface area contributed by atoms with Crippen LogP contribution in [0.15, 0.2) is 51.8 Å². The highest BCUT2D eigenvalue weighted by Gasteiger charge is 2.32. The molecule has 0 saturated carbocycles. The molecule has 0 unspecified atom stereocenters. The number of hydrogen-bond acceptors (Lipinski definition) is 6. The van der Waals surface area contributed by atoms with E-state index in [2.05, 4.69) is 21.2 Å². The number of rotatable bonds is 9. The highest BCUT2D eigenvalue weighted by atomic mass is 79.9. The van der Waals surface area contributed by atoms with E-state index in [0.717, 1.165) is 16.2 Å². The third kappa shape index (κ3) is 7.11. The lowest BCUT2D eigenvalue weighted by Gasteiger charge is -2.13. The molecule has 1 aliphatic heterocycles. The maximum atomic E-state index is 13.0. The number of thiocarbonyl (C=S) groups is 1. The van der Waals surface area contributed by atoms with Gasteiger partial charge in [-0.05, 0) is 55.0 Å². The van der Waals surface area contributed by atoms with E-state index in [1.807, 2.05) is 0 Å². The Kier molecular flexibility index (Phi) is 8.59. The van der Waals surface area contributed by atoms with Gasteiger partial charge in [-0.25, -0.2) is 4.39 Å². The third-order valence-electron chi connectivity index (χ3n) is 4.39. The number of carboxylic acids is 1. The van der Waals surface area contributed by atoms with E-state index in [4.69, 9.17) is 22.1 Å². The van der Waals surface area contributed by atoms with Crippen molar-refractivity contribution in [1.29, 1.82) is 0 Å². The van der Waals surface area contributed by atoms with Gasteiger partial charge in [0.2, 0.25) is 0 Å². The second kappa shape index (κ2) is 11.4. The zero-order valence-electron chi connectivity index (χ0n) is 17.0. The number of anilines is 1. The van der Waals surface area contributed by atoms with E-state index >= 15 is 0 Å². The molecule has 0 atom stereocenters. The first kappa shape index (κ1) is 24.9. The van der Waals surface area contributed by atoms with Crippen molar-refractivity contribution in [2.75, 3.05) is 18.5 Å². The second-order valence-electron chi connectivity index (χ2n) is 6.86. The van der Waals surface area contributed by atoms with Gasteiger partial charge in [0.25, 0.3) is 11.8 Å². The molecule has 0 aromatic heterocycles. The lowest BCUT2D eigenvalue weighted by molar-refractivity contribution is -0.137. The Morgan fingerprint density at radius 2 is 1.97 bits per heavy atom. The summed E-state index contributed by atoms with van der Waals surface area (Å²) < 4.78 is 19.8. The summed E-state index contributed by atoms with van der Waals surface area (Å²) >= 11 is 9.77. The second-order valence-corrected chi connectivity index (χ2v) is 9.45. The fraction of sp³-hybridized carbons (Fsp3) is 0.182. The van der Waals surface area contributed by atoms with Gasteiger partial charge in [-0.3, -0.25) is 19.3 Å². The Balaban J connectivity index is 1.69. The van der Waals surface area contributed by atoms with E-state index < -0.39 is 17.7 Å². The minimum atomic E-state index is -0.935. The van der Waals surface area contributed by atoms with Crippen molar-refractivity contribution >= 4 is 73.8 Å². The fourth-order valence-electron chi connectivity index (χ4n) is 2.86. The van der Waals surface area contributed by atoms with Crippen LogP contribution in [0.1, 0.15) is 18.4 Å². The molecule has 0 bridgehead atoms. The standard InChI is InChI=1S/C22H18BrFN2O5S2/c23-14-3-8-17(31-12-19(27)25-16-6-4-15(24)5-7-16)13(10-14)11-18-21(30)26(22(32)33-18)9-1-2-20(28)29/h3-8,10-11H,1-2,9,12H2,(H,25,27)(H,28,29)/b18-11-. The number of carbonyl (C=O) groups excluding carboxylic acids is 2. The van der Waals surface area contributed by atoms with Crippen molar-refractivity contribution in [2.24, 2.45) is 0 Å². The Bertz CT molecular complexity index is 1120. The molecule has 2 aromatic carbocycles. The van der Waals surface area contributed by atoms with Crippen LogP contribution in [0.4, 0.5) is 10.1 Å². The number of hydrogen-bond donors (Lipinski definition) is 2. The molecule has 1 heterocycles. The number of aliphatic carboxylic acids is 1. The summed E-state index contributed by atoms with van der Waals surface area (Å²) in [7, 11) is 0. The molecule has 1 saturated heterocycles. The van der Waals surface area contributed by atoms with Crippen molar-refractivity contribution in [1.82, 2.24) is 4.90 Å². The molecule has 7 nitrogen and oxygen atoms in total. The summed E-state index contributed by atoms with van der Waals surface area (Å²) in [5.41, 5.74) is 0.998. The fourth-order valence-corrected chi connectivity index (χ4v) is 4.54. The van der Waals surface area contributed by atoms with Crippen molar-refractivity contribution in [3.8, 4) is 5.75 Å². The molecule has 11 heteroatoms. The average Bonchev–Trinajstić information content (AvgIpc) is 3.02. The molecular formula is C22H18BrFN2O5S2. The summed E-state index contributed by atoms with van der Waals surface area (Å²) in [6, 6.07) is 10.5. The molecule has 3 rings (SSSR count). The van der Waals surface area contributed by atoms with Crippen LogP contribution in [0, 0.1) is 5.82 Å². The van der Waals surface area contributed by atoms with Crippen LogP contribution in [0.25, 0.3) is 6.08 Å². The van der Waals surface area contributed by atoms with Gasteiger partial charge < -0.3 is 15.2 Å². The lowest BCUT2D eigenvalue weighted by Crippen LogP contribution is -2.29. The monoisotopic (exact) mass is 552 g/mol. The van der Waals surface area contributed by atoms with Gasteiger partial charge in [-0.2, -0.15) is 0 Å². The summed E-state index contributed by atoms with van der Waals surface area (Å²) in [6.45, 7) is -0.0737. The molecule has 2 amide bonds. The predicted octanol–water partition coefficient (Wildman–Crippen LogP) is 4.67. The normalized spacial score (nSPS) is 14.6. The van der Waals surface area contributed by atoms with E-state index in [1.165, 1.54) is 29.2 Å². The summed E-state index contributed by atoms with van der Waals surface area (Å²) in [6.07, 6.45) is 1.86. The number of thioether (sulfide) groups is 1. The van der Waals surface area contributed by atoms with Crippen molar-refractivity contribution in [3.63, 3.8) is 0 Å². The maximum absolute atomic E-state index is 13.0. The van der Waals surface area contributed by atoms with Gasteiger partial charge in [0.1, 0.15) is 15.9 Å². The number of nitrogens with zero attached hydrogens (tertiary/aromatic N) is 1. The summed E-state index contributed by atoms with van der Waals surface area (Å²) in [4.78, 5) is 37.4. The molecule has 2 aromatic rings. The van der Waals surface area contributed by atoms with Crippen LogP contribution in [0.2, 0.25) is 0 Å². The number of halogens is 2. The third-order valence-corrected chi connectivity index (χ3v) is 6.26. The summed E-state index contributed by atoms with van der Waals surface area (Å²) in [5.74, 6) is -1.70. The zero-order chi connectivity index (χ0) is 24.0. The van der Waals surface area contributed by atoms with Gasteiger partial charge in [0.15, 0.2) is 6.61 Å². The maximum Gasteiger partial charge on any atom is 0.303 e. The highest BCUT2D eigenvalue weighted by Crippen LogP contribution is 2.35. The van der Waals surface area contributed by atoms with Crippen LogP contribution in [0.5, 0.6) is 5.75 Å². The van der Waals surface area contributed by atoms with Crippen molar-refractivity contribution in [3.05, 3.63) is 63.2 Å². The Hall–Kier alpha value is -2.76.